The molecule has 0 aliphatic carbocycles. The van der Waals surface area contributed by atoms with E-state index < -0.39 is 5.82 Å². The molecule has 0 aliphatic heterocycles. The van der Waals surface area contributed by atoms with Gasteiger partial charge in [0.2, 0.25) is 0 Å². The molecule has 1 nitrogen and oxygen atoms in total. The molecule has 0 amide bonds. The summed E-state index contributed by atoms with van der Waals surface area (Å²) >= 11 is 11.5. The van der Waals surface area contributed by atoms with Gasteiger partial charge in [-0.05, 0) is 43.2 Å². The molecule has 2 rings (SSSR count). The number of anilines is 1. The van der Waals surface area contributed by atoms with Gasteiger partial charge in [-0.3, -0.25) is 0 Å². The van der Waals surface area contributed by atoms with Crippen LogP contribution in [0.3, 0.4) is 0 Å². The zero-order chi connectivity index (χ0) is 14.7. The van der Waals surface area contributed by atoms with Crippen LogP contribution in [-0.2, 0) is 6.42 Å². The molecule has 0 spiro atoms. The summed E-state index contributed by atoms with van der Waals surface area (Å²) in [5.41, 5.74) is 1.51. The maximum Gasteiger partial charge on any atom is 0.160 e. The molecule has 0 saturated heterocycles. The van der Waals surface area contributed by atoms with Gasteiger partial charge in [-0.1, -0.05) is 35.3 Å². The zero-order valence-electron chi connectivity index (χ0n) is 10.8. The number of hydrogen-bond donors (Lipinski definition) is 1. The molecule has 5 heteroatoms. The molecule has 106 valence electrons. The molecule has 0 radical (unpaired) electrons. The van der Waals surface area contributed by atoms with Gasteiger partial charge < -0.3 is 5.32 Å². The highest BCUT2D eigenvalue weighted by Gasteiger charge is 2.10. The Hall–Kier alpha value is -1.32. The summed E-state index contributed by atoms with van der Waals surface area (Å²) in [6.07, 6.45) is 0.629. The van der Waals surface area contributed by atoms with Crippen molar-refractivity contribution in [2.24, 2.45) is 0 Å². The molecule has 0 aromatic heterocycles. The summed E-state index contributed by atoms with van der Waals surface area (Å²) in [7, 11) is 0. The van der Waals surface area contributed by atoms with Crippen LogP contribution in [-0.4, -0.2) is 6.04 Å². The first-order valence-electron chi connectivity index (χ1n) is 6.11. The molecule has 1 N–H and O–H groups in total. The number of rotatable bonds is 4. The van der Waals surface area contributed by atoms with Gasteiger partial charge in [0.15, 0.2) is 5.82 Å². The Balaban J connectivity index is 2.06. The minimum Gasteiger partial charge on any atom is -0.382 e. The first-order valence-corrected chi connectivity index (χ1v) is 6.87. The van der Waals surface area contributed by atoms with E-state index >= 15 is 0 Å². The zero-order valence-corrected chi connectivity index (χ0v) is 12.3. The van der Waals surface area contributed by atoms with E-state index in [0.717, 1.165) is 5.56 Å². The average molecular weight is 316 g/mol. The lowest BCUT2D eigenvalue weighted by Gasteiger charge is -2.16. The lowest BCUT2D eigenvalue weighted by atomic mass is 10.1. The Bertz CT molecular complexity index is 594. The van der Waals surface area contributed by atoms with Crippen molar-refractivity contribution in [1.82, 2.24) is 0 Å². The topological polar surface area (TPSA) is 12.0 Å². The van der Waals surface area contributed by atoms with Crippen molar-refractivity contribution in [3.8, 4) is 0 Å². The van der Waals surface area contributed by atoms with Gasteiger partial charge in [-0.15, -0.1) is 0 Å². The van der Waals surface area contributed by atoms with Crippen LogP contribution in [0, 0.1) is 11.6 Å². The van der Waals surface area contributed by atoms with Gasteiger partial charge in [0.1, 0.15) is 5.82 Å². The van der Waals surface area contributed by atoms with Crippen LogP contribution in [0.5, 0.6) is 0 Å². The first-order chi connectivity index (χ1) is 9.45. The van der Waals surface area contributed by atoms with Gasteiger partial charge >= 0.3 is 0 Å². The third kappa shape index (κ3) is 3.84. The van der Waals surface area contributed by atoms with Gasteiger partial charge in [0, 0.05) is 11.7 Å². The van der Waals surface area contributed by atoms with Gasteiger partial charge in [-0.25, -0.2) is 8.78 Å². The molecule has 0 heterocycles. The van der Waals surface area contributed by atoms with E-state index in [4.69, 9.17) is 23.2 Å². The quantitative estimate of drug-likeness (QED) is 0.753. The van der Waals surface area contributed by atoms with E-state index in [0.29, 0.717) is 12.1 Å². The molecule has 1 unspecified atom stereocenters. The van der Waals surface area contributed by atoms with Crippen molar-refractivity contribution < 1.29 is 8.78 Å². The third-order valence-corrected chi connectivity index (χ3v) is 3.38. The Kier molecular flexibility index (Phi) is 4.84. The summed E-state index contributed by atoms with van der Waals surface area (Å²) in [5.74, 6) is -0.890. The molecule has 0 saturated carbocycles. The highest BCUT2D eigenvalue weighted by atomic mass is 35.5. The fourth-order valence-corrected chi connectivity index (χ4v) is 2.48. The predicted molar refractivity (Wildman–Crippen MR) is 79.6 cm³/mol. The normalized spacial score (nSPS) is 12.2. The van der Waals surface area contributed by atoms with Crippen molar-refractivity contribution in [1.29, 1.82) is 0 Å². The number of hydrogen-bond acceptors (Lipinski definition) is 1. The lowest BCUT2D eigenvalue weighted by molar-refractivity contribution is 0.623. The Labute approximate surface area is 126 Å². The van der Waals surface area contributed by atoms with E-state index in [-0.39, 0.29) is 21.9 Å². The standard InChI is InChI=1S/C15H13Cl2F2N/c1-9(5-10-3-2-4-11(18)6-10)20-12-7-13(16)15(19)14(17)8-12/h2-4,6-9,20H,5H2,1H3. The average Bonchev–Trinajstić information content (AvgIpc) is 2.35. The molecule has 2 aromatic rings. The van der Waals surface area contributed by atoms with Crippen LogP contribution in [0.1, 0.15) is 12.5 Å². The highest BCUT2D eigenvalue weighted by Crippen LogP contribution is 2.27. The number of nitrogens with one attached hydrogen (secondary N) is 1. The second kappa shape index (κ2) is 6.42. The van der Waals surface area contributed by atoms with Crippen LogP contribution < -0.4 is 5.32 Å². The minimum absolute atomic E-state index is 0.0226. The molecule has 0 fully saturated rings. The molecule has 20 heavy (non-hydrogen) atoms. The van der Waals surface area contributed by atoms with Crippen molar-refractivity contribution >= 4 is 28.9 Å². The molecule has 1 atom stereocenters. The van der Waals surface area contributed by atoms with Crippen LogP contribution in [0.15, 0.2) is 36.4 Å². The van der Waals surface area contributed by atoms with Crippen LogP contribution in [0.25, 0.3) is 0 Å². The third-order valence-electron chi connectivity index (χ3n) is 2.83. The number of benzene rings is 2. The molecular weight excluding hydrogens is 303 g/mol. The molecule has 0 bridgehead atoms. The summed E-state index contributed by atoms with van der Waals surface area (Å²) in [5, 5.41) is 3.10. The highest BCUT2D eigenvalue weighted by molar-refractivity contribution is 6.35. The fraction of sp³-hybridized carbons (Fsp3) is 0.200. The van der Waals surface area contributed by atoms with E-state index in [9.17, 15) is 8.78 Å². The maximum atomic E-state index is 13.3. The SMILES string of the molecule is CC(Cc1cccc(F)c1)Nc1cc(Cl)c(F)c(Cl)c1. The largest absolute Gasteiger partial charge is 0.382 e. The first kappa shape index (κ1) is 15.1. The van der Waals surface area contributed by atoms with Gasteiger partial charge in [0.25, 0.3) is 0 Å². The van der Waals surface area contributed by atoms with Crippen molar-refractivity contribution in [3.63, 3.8) is 0 Å². The molecule has 2 aromatic carbocycles. The van der Waals surface area contributed by atoms with E-state index in [2.05, 4.69) is 5.32 Å². The van der Waals surface area contributed by atoms with E-state index in [1.54, 1.807) is 6.07 Å². The van der Waals surface area contributed by atoms with Gasteiger partial charge in [0.05, 0.1) is 10.0 Å². The summed E-state index contributed by atoms with van der Waals surface area (Å²) < 4.78 is 26.4. The number of halogens is 4. The van der Waals surface area contributed by atoms with Crippen molar-refractivity contribution in [2.45, 2.75) is 19.4 Å². The van der Waals surface area contributed by atoms with E-state index in [1.165, 1.54) is 24.3 Å². The van der Waals surface area contributed by atoms with Crippen molar-refractivity contribution in [2.75, 3.05) is 5.32 Å². The maximum absolute atomic E-state index is 13.3. The second-order valence-electron chi connectivity index (χ2n) is 4.63. The van der Waals surface area contributed by atoms with Crippen molar-refractivity contribution in [3.05, 3.63) is 63.6 Å². The monoisotopic (exact) mass is 315 g/mol. The lowest BCUT2D eigenvalue weighted by Crippen LogP contribution is -2.18. The fourth-order valence-electron chi connectivity index (χ4n) is 1.99. The Morgan fingerprint density at radius 3 is 2.35 bits per heavy atom. The predicted octanol–water partition coefficient (Wildman–Crippen LogP) is 5.31. The Morgan fingerprint density at radius 1 is 1.10 bits per heavy atom. The van der Waals surface area contributed by atoms with Crippen LogP contribution in [0.4, 0.5) is 14.5 Å². The Morgan fingerprint density at radius 2 is 1.75 bits per heavy atom. The smallest absolute Gasteiger partial charge is 0.160 e. The van der Waals surface area contributed by atoms with Crippen LogP contribution >= 0.6 is 23.2 Å². The summed E-state index contributed by atoms with van der Waals surface area (Å²) in [6, 6.07) is 9.39. The second-order valence-corrected chi connectivity index (χ2v) is 5.45. The summed E-state index contributed by atoms with van der Waals surface area (Å²) in [4.78, 5) is 0. The molecule has 0 aliphatic rings. The minimum atomic E-state index is -0.628. The summed E-state index contributed by atoms with van der Waals surface area (Å²) in [6.45, 7) is 1.94. The van der Waals surface area contributed by atoms with Gasteiger partial charge in [-0.2, -0.15) is 0 Å². The van der Waals surface area contributed by atoms with Crippen LogP contribution in [0.2, 0.25) is 10.0 Å². The molecular formula is C15H13Cl2F2N. The van der Waals surface area contributed by atoms with E-state index in [1.807, 2.05) is 13.0 Å².